The number of piperidine rings is 1. The van der Waals surface area contributed by atoms with Gasteiger partial charge in [0.25, 0.3) is 0 Å². The first-order chi connectivity index (χ1) is 13.5. The van der Waals surface area contributed by atoms with Gasteiger partial charge < -0.3 is 19.4 Å². The highest BCUT2D eigenvalue weighted by molar-refractivity contribution is 5.77. The van der Waals surface area contributed by atoms with Crippen molar-refractivity contribution in [2.24, 2.45) is 0 Å². The van der Waals surface area contributed by atoms with Gasteiger partial charge in [0.15, 0.2) is 0 Å². The number of fused-ring (bicyclic) bond motifs is 2. The Hall–Kier alpha value is -2.08. The van der Waals surface area contributed by atoms with E-state index in [-0.39, 0.29) is 23.3 Å². The number of likely N-dealkylation sites (tertiary alicyclic amines) is 1. The van der Waals surface area contributed by atoms with Crippen molar-refractivity contribution in [3.63, 3.8) is 0 Å². The van der Waals surface area contributed by atoms with E-state index in [1.165, 1.54) is 11.1 Å². The Morgan fingerprint density at radius 3 is 2.39 bits per heavy atom. The Kier molecular flexibility index (Phi) is 5.32. The fourth-order valence-electron chi connectivity index (χ4n) is 5.16. The number of nitrogens with zero attached hydrogens (tertiary/aromatic N) is 3. The van der Waals surface area contributed by atoms with Crippen molar-refractivity contribution in [3.05, 3.63) is 35.4 Å². The van der Waals surface area contributed by atoms with Crippen LogP contribution in [0.4, 0.5) is 4.79 Å². The normalized spacial score (nSPS) is 23.6. The minimum atomic E-state index is 0.107. The van der Waals surface area contributed by atoms with E-state index in [2.05, 4.69) is 24.3 Å². The summed E-state index contributed by atoms with van der Waals surface area (Å²) in [5, 5.41) is 0. The second-order valence-corrected chi connectivity index (χ2v) is 8.63. The molecule has 152 valence electrons. The summed E-state index contributed by atoms with van der Waals surface area (Å²) in [6.45, 7) is 4.24. The average molecular weight is 386 g/mol. The second kappa shape index (κ2) is 7.74. The zero-order chi connectivity index (χ0) is 19.7. The van der Waals surface area contributed by atoms with E-state index in [0.717, 1.165) is 32.4 Å². The molecule has 0 bridgehead atoms. The van der Waals surface area contributed by atoms with Gasteiger partial charge in [0, 0.05) is 46.7 Å². The molecule has 4 rings (SSSR count). The quantitative estimate of drug-likeness (QED) is 0.786. The van der Waals surface area contributed by atoms with Crippen molar-refractivity contribution >= 4 is 11.9 Å². The van der Waals surface area contributed by atoms with Gasteiger partial charge in [-0.3, -0.25) is 4.79 Å². The van der Waals surface area contributed by atoms with Gasteiger partial charge in [0.1, 0.15) is 0 Å². The Labute approximate surface area is 167 Å². The van der Waals surface area contributed by atoms with E-state index in [1.807, 2.05) is 23.9 Å². The molecule has 0 saturated carbocycles. The topological polar surface area (TPSA) is 53.1 Å². The number of carbonyl (C=O) groups excluding carboxylic acids is 2. The predicted molar refractivity (Wildman–Crippen MR) is 107 cm³/mol. The summed E-state index contributed by atoms with van der Waals surface area (Å²) >= 11 is 0. The van der Waals surface area contributed by atoms with Crippen molar-refractivity contribution in [1.82, 2.24) is 14.7 Å². The molecule has 0 radical (unpaired) electrons. The van der Waals surface area contributed by atoms with Gasteiger partial charge in [-0.2, -0.15) is 0 Å². The molecule has 2 saturated heterocycles. The number of benzene rings is 1. The number of ether oxygens (including phenoxy) is 1. The molecule has 0 N–H and O–H groups in total. The van der Waals surface area contributed by atoms with Gasteiger partial charge in [-0.25, -0.2) is 4.79 Å². The summed E-state index contributed by atoms with van der Waals surface area (Å²) < 4.78 is 5.37. The van der Waals surface area contributed by atoms with Crippen molar-refractivity contribution < 1.29 is 14.3 Å². The molecule has 1 spiro atoms. The summed E-state index contributed by atoms with van der Waals surface area (Å²) in [4.78, 5) is 30.8. The van der Waals surface area contributed by atoms with E-state index in [0.29, 0.717) is 32.7 Å². The highest BCUT2D eigenvalue weighted by Crippen LogP contribution is 2.52. The number of morpholine rings is 1. The molecule has 0 aromatic heterocycles. The van der Waals surface area contributed by atoms with Crippen molar-refractivity contribution in [2.75, 3.05) is 53.5 Å². The molecule has 28 heavy (non-hydrogen) atoms. The average Bonchev–Trinajstić information content (AvgIpc) is 3.02. The number of urea groups is 1. The molecule has 0 unspecified atom stereocenters. The van der Waals surface area contributed by atoms with Crippen LogP contribution in [0.1, 0.15) is 42.7 Å². The molecular weight excluding hydrogens is 354 g/mol. The Morgan fingerprint density at radius 1 is 1.07 bits per heavy atom. The first kappa shape index (κ1) is 19.2. The maximum Gasteiger partial charge on any atom is 0.320 e. The Balaban J connectivity index is 1.47. The number of rotatable bonds is 2. The summed E-state index contributed by atoms with van der Waals surface area (Å²) in [5.74, 6) is 0.476. The predicted octanol–water partition coefficient (Wildman–Crippen LogP) is 2.44. The lowest BCUT2D eigenvalue weighted by Crippen LogP contribution is -2.52. The fraction of sp³-hybridized carbons (Fsp3) is 0.636. The summed E-state index contributed by atoms with van der Waals surface area (Å²) in [6, 6.07) is 8.80. The van der Waals surface area contributed by atoms with Crippen LogP contribution in [0.3, 0.4) is 0 Å². The third-order valence-corrected chi connectivity index (χ3v) is 6.80. The zero-order valence-corrected chi connectivity index (χ0v) is 17.0. The van der Waals surface area contributed by atoms with Gasteiger partial charge in [-0.1, -0.05) is 24.3 Å². The first-order valence-corrected chi connectivity index (χ1v) is 10.4. The van der Waals surface area contributed by atoms with Gasteiger partial charge in [-0.15, -0.1) is 0 Å². The van der Waals surface area contributed by atoms with E-state index >= 15 is 0 Å². The molecule has 6 heteroatoms. The van der Waals surface area contributed by atoms with Crippen molar-refractivity contribution in [1.29, 1.82) is 0 Å². The van der Waals surface area contributed by atoms with Crippen LogP contribution in [0, 0.1) is 0 Å². The molecule has 3 aliphatic rings. The molecule has 2 aliphatic heterocycles. The molecule has 3 amide bonds. The number of hydrogen-bond donors (Lipinski definition) is 0. The minimum Gasteiger partial charge on any atom is -0.378 e. The van der Waals surface area contributed by atoms with Gasteiger partial charge >= 0.3 is 6.03 Å². The van der Waals surface area contributed by atoms with Crippen LogP contribution in [0.5, 0.6) is 0 Å². The van der Waals surface area contributed by atoms with Crippen LogP contribution in [0.15, 0.2) is 24.3 Å². The molecule has 2 heterocycles. The lowest BCUT2D eigenvalue weighted by Gasteiger charge is -2.42. The van der Waals surface area contributed by atoms with E-state index < -0.39 is 0 Å². The highest BCUT2D eigenvalue weighted by atomic mass is 16.5. The SMILES string of the molecule is CN(C)C(=O)C[C@@H]1CC2(CCN(C(=O)N3CCOCC3)CC2)c2ccccc21. The lowest BCUT2D eigenvalue weighted by molar-refractivity contribution is -0.129. The van der Waals surface area contributed by atoms with Crippen LogP contribution in [-0.4, -0.2) is 80.1 Å². The fourth-order valence-corrected chi connectivity index (χ4v) is 5.16. The smallest absolute Gasteiger partial charge is 0.320 e. The van der Waals surface area contributed by atoms with Crippen molar-refractivity contribution in [3.8, 4) is 0 Å². The van der Waals surface area contributed by atoms with Gasteiger partial charge in [-0.05, 0) is 41.7 Å². The molecule has 1 aromatic carbocycles. The van der Waals surface area contributed by atoms with Crippen LogP contribution in [-0.2, 0) is 14.9 Å². The monoisotopic (exact) mass is 385 g/mol. The van der Waals surface area contributed by atoms with Crippen LogP contribution in [0.2, 0.25) is 0 Å². The van der Waals surface area contributed by atoms with Gasteiger partial charge in [0.05, 0.1) is 13.2 Å². The van der Waals surface area contributed by atoms with E-state index in [9.17, 15) is 9.59 Å². The lowest BCUT2D eigenvalue weighted by atomic mass is 9.73. The molecule has 6 nitrogen and oxygen atoms in total. The molecule has 2 fully saturated rings. The first-order valence-electron chi connectivity index (χ1n) is 10.4. The standard InChI is InChI=1S/C22H31N3O3/c1-23(2)20(26)15-17-16-22(19-6-4-3-5-18(17)19)7-9-24(10-8-22)21(27)25-11-13-28-14-12-25/h3-6,17H,7-16H2,1-2H3/t17-/m1/s1. The largest absolute Gasteiger partial charge is 0.378 e. The number of hydrogen-bond acceptors (Lipinski definition) is 3. The molecule has 1 aromatic rings. The van der Waals surface area contributed by atoms with Crippen molar-refractivity contribution in [2.45, 2.75) is 37.0 Å². The zero-order valence-electron chi connectivity index (χ0n) is 17.0. The van der Waals surface area contributed by atoms with Crippen LogP contribution >= 0.6 is 0 Å². The maximum absolute atomic E-state index is 12.8. The van der Waals surface area contributed by atoms with Gasteiger partial charge in [0.2, 0.25) is 5.91 Å². The maximum atomic E-state index is 12.8. The Morgan fingerprint density at radius 2 is 1.71 bits per heavy atom. The van der Waals surface area contributed by atoms with Crippen LogP contribution < -0.4 is 0 Å². The van der Waals surface area contributed by atoms with E-state index in [4.69, 9.17) is 4.74 Å². The molecular formula is C22H31N3O3. The minimum absolute atomic E-state index is 0.107. The Bertz CT molecular complexity index is 734. The molecule has 1 atom stereocenters. The molecule has 1 aliphatic carbocycles. The summed E-state index contributed by atoms with van der Waals surface area (Å²) in [7, 11) is 3.66. The summed E-state index contributed by atoms with van der Waals surface area (Å²) in [6.07, 6.45) is 3.55. The summed E-state index contributed by atoms with van der Waals surface area (Å²) in [5.41, 5.74) is 2.85. The number of amides is 3. The third-order valence-electron chi connectivity index (χ3n) is 6.80. The second-order valence-electron chi connectivity index (χ2n) is 8.63. The van der Waals surface area contributed by atoms with Crippen LogP contribution in [0.25, 0.3) is 0 Å². The van der Waals surface area contributed by atoms with E-state index in [1.54, 1.807) is 4.90 Å². The highest BCUT2D eigenvalue weighted by Gasteiger charge is 2.46. The third kappa shape index (κ3) is 3.50. The number of carbonyl (C=O) groups is 2.